The van der Waals surface area contributed by atoms with Gasteiger partial charge in [0.15, 0.2) is 0 Å². The van der Waals surface area contributed by atoms with Crippen LogP contribution in [0.4, 0.5) is 5.82 Å². The smallest absolute Gasteiger partial charge is 0.239 e. The van der Waals surface area contributed by atoms with Crippen molar-refractivity contribution in [1.82, 2.24) is 20.4 Å². The molecule has 0 unspecified atom stereocenters. The number of anilines is 1. The lowest BCUT2D eigenvalue weighted by Gasteiger charge is -2.09. The molecule has 0 bridgehead atoms. The molecule has 7 nitrogen and oxygen atoms in total. The van der Waals surface area contributed by atoms with Gasteiger partial charge < -0.3 is 10.6 Å². The maximum Gasteiger partial charge on any atom is 0.239 e. The van der Waals surface area contributed by atoms with Crippen LogP contribution in [0.15, 0.2) is 60.7 Å². The molecule has 7 heteroatoms. The van der Waals surface area contributed by atoms with Gasteiger partial charge in [0.05, 0.1) is 24.5 Å². The zero-order valence-electron chi connectivity index (χ0n) is 18.0. The van der Waals surface area contributed by atoms with E-state index in [1.54, 1.807) is 11.7 Å². The highest BCUT2D eigenvalue weighted by Crippen LogP contribution is 2.25. The van der Waals surface area contributed by atoms with Gasteiger partial charge in [-0.3, -0.25) is 14.9 Å². The third-order valence-corrected chi connectivity index (χ3v) is 4.90. The number of rotatable bonds is 10. The molecule has 0 atom stereocenters. The number of nitrogens with zero attached hydrogens (tertiary/aromatic N) is 2. The first-order valence-corrected chi connectivity index (χ1v) is 10.6. The Kier molecular flexibility index (Phi) is 7.95. The van der Waals surface area contributed by atoms with E-state index in [1.807, 2.05) is 36.4 Å². The highest BCUT2D eigenvalue weighted by molar-refractivity contribution is 5.92. The van der Waals surface area contributed by atoms with Crippen molar-refractivity contribution >= 4 is 17.6 Å². The molecule has 0 aliphatic rings. The summed E-state index contributed by atoms with van der Waals surface area (Å²) in [5.74, 6) is 0.150. The van der Waals surface area contributed by atoms with Crippen molar-refractivity contribution in [2.24, 2.45) is 0 Å². The second-order valence-corrected chi connectivity index (χ2v) is 7.29. The van der Waals surface area contributed by atoms with Crippen molar-refractivity contribution in [3.05, 3.63) is 66.2 Å². The van der Waals surface area contributed by atoms with Crippen LogP contribution in [0, 0.1) is 0 Å². The molecule has 0 spiro atoms. The lowest BCUT2D eigenvalue weighted by atomic mass is 10.1. The van der Waals surface area contributed by atoms with E-state index in [9.17, 15) is 9.59 Å². The molecule has 162 valence electrons. The molecule has 0 saturated heterocycles. The molecule has 2 aromatic carbocycles. The Morgan fingerprint density at radius 2 is 1.68 bits per heavy atom. The molecule has 0 aliphatic carbocycles. The van der Waals surface area contributed by atoms with Gasteiger partial charge in [-0.15, -0.1) is 0 Å². The maximum absolute atomic E-state index is 12.4. The van der Waals surface area contributed by atoms with E-state index < -0.39 is 0 Å². The first kappa shape index (κ1) is 22.2. The van der Waals surface area contributed by atoms with E-state index in [4.69, 9.17) is 5.10 Å². The van der Waals surface area contributed by atoms with E-state index in [0.29, 0.717) is 5.82 Å². The number of para-hydroxylation sites is 1. The lowest BCUT2D eigenvalue weighted by Crippen LogP contribution is -2.36. The minimum absolute atomic E-state index is 0.0227. The summed E-state index contributed by atoms with van der Waals surface area (Å²) < 4.78 is 1.72. The van der Waals surface area contributed by atoms with Crippen molar-refractivity contribution in [2.75, 3.05) is 25.5 Å². The van der Waals surface area contributed by atoms with Crippen LogP contribution in [-0.4, -0.2) is 41.7 Å². The van der Waals surface area contributed by atoms with Crippen molar-refractivity contribution in [2.45, 2.75) is 26.2 Å². The second-order valence-electron chi connectivity index (χ2n) is 7.29. The lowest BCUT2D eigenvalue weighted by molar-refractivity contribution is -0.120. The van der Waals surface area contributed by atoms with Crippen LogP contribution in [0.1, 0.15) is 25.3 Å². The molecular weight excluding hydrogens is 390 g/mol. The number of aromatic nitrogens is 2. The van der Waals surface area contributed by atoms with E-state index in [0.717, 1.165) is 23.4 Å². The molecule has 2 amide bonds. The zero-order valence-corrected chi connectivity index (χ0v) is 18.0. The Bertz CT molecular complexity index is 997. The summed E-state index contributed by atoms with van der Waals surface area (Å²) in [6.45, 7) is 2.29. The predicted molar refractivity (Wildman–Crippen MR) is 123 cm³/mol. The minimum Gasteiger partial charge on any atom is -0.358 e. The Balaban J connectivity index is 1.80. The van der Waals surface area contributed by atoms with E-state index >= 15 is 0 Å². The number of unbranched alkanes of at least 4 members (excludes halogenated alkanes) is 1. The number of hydrogen-bond donors (Lipinski definition) is 3. The summed E-state index contributed by atoms with van der Waals surface area (Å²) in [6, 6.07) is 19.9. The fourth-order valence-corrected chi connectivity index (χ4v) is 3.17. The molecule has 3 rings (SSSR count). The van der Waals surface area contributed by atoms with Crippen molar-refractivity contribution < 1.29 is 9.59 Å². The summed E-state index contributed by atoms with van der Waals surface area (Å²) in [5, 5.41) is 13.0. The van der Waals surface area contributed by atoms with Crippen LogP contribution in [0.5, 0.6) is 0 Å². The Hall–Kier alpha value is -3.45. The Morgan fingerprint density at radius 1 is 0.968 bits per heavy atom. The SMILES string of the molecule is CCCCc1ccc(-c2cc(NC(=O)CNCC(=O)NC)n(-c3ccccc3)n2)cc1. The normalized spacial score (nSPS) is 10.6. The third-order valence-electron chi connectivity index (χ3n) is 4.90. The molecule has 31 heavy (non-hydrogen) atoms. The van der Waals surface area contributed by atoms with Crippen molar-refractivity contribution in [3.63, 3.8) is 0 Å². The number of likely N-dealkylation sites (N-methyl/N-ethyl adjacent to an activating group) is 1. The van der Waals surface area contributed by atoms with E-state index in [2.05, 4.69) is 47.1 Å². The van der Waals surface area contributed by atoms with Gasteiger partial charge in [0.1, 0.15) is 5.82 Å². The monoisotopic (exact) mass is 419 g/mol. The van der Waals surface area contributed by atoms with Gasteiger partial charge in [0.25, 0.3) is 0 Å². The van der Waals surface area contributed by atoms with Gasteiger partial charge >= 0.3 is 0 Å². The van der Waals surface area contributed by atoms with Crippen LogP contribution in [0.25, 0.3) is 16.9 Å². The topological polar surface area (TPSA) is 88.0 Å². The van der Waals surface area contributed by atoms with Gasteiger partial charge in [0, 0.05) is 18.7 Å². The zero-order chi connectivity index (χ0) is 22.1. The van der Waals surface area contributed by atoms with Crippen LogP contribution in [0.2, 0.25) is 0 Å². The first-order chi connectivity index (χ1) is 15.1. The van der Waals surface area contributed by atoms with Crippen molar-refractivity contribution in [1.29, 1.82) is 0 Å². The van der Waals surface area contributed by atoms with Crippen LogP contribution < -0.4 is 16.0 Å². The number of aryl methyl sites for hydroxylation is 1. The molecule has 1 aromatic heterocycles. The molecule has 1 heterocycles. The van der Waals surface area contributed by atoms with E-state index in [1.165, 1.54) is 18.4 Å². The number of nitrogens with one attached hydrogen (secondary N) is 3. The molecule has 0 saturated carbocycles. The number of carbonyl (C=O) groups excluding carboxylic acids is 2. The molecule has 0 aliphatic heterocycles. The van der Waals surface area contributed by atoms with Crippen LogP contribution >= 0.6 is 0 Å². The first-order valence-electron chi connectivity index (χ1n) is 10.6. The van der Waals surface area contributed by atoms with Gasteiger partial charge in [-0.25, -0.2) is 4.68 Å². The van der Waals surface area contributed by atoms with Gasteiger partial charge in [-0.2, -0.15) is 5.10 Å². The molecule has 3 N–H and O–H groups in total. The maximum atomic E-state index is 12.4. The highest BCUT2D eigenvalue weighted by atomic mass is 16.2. The molecule has 0 radical (unpaired) electrons. The van der Waals surface area contributed by atoms with Gasteiger partial charge in [-0.05, 0) is 30.5 Å². The average molecular weight is 420 g/mol. The predicted octanol–water partition coefficient (Wildman–Crippen LogP) is 3.16. The van der Waals surface area contributed by atoms with E-state index in [-0.39, 0.29) is 24.9 Å². The summed E-state index contributed by atoms with van der Waals surface area (Å²) in [5.41, 5.74) is 3.92. The largest absolute Gasteiger partial charge is 0.358 e. The number of hydrogen-bond acceptors (Lipinski definition) is 4. The average Bonchev–Trinajstić information content (AvgIpc) is 3.22. The summed E-state index contributed by atoms with van der Waals surface area (Å²) in [7, 11) is 1.56. The quantitative estimate of drug-likeness (QED) is 0.471. The Morgan fingerprint density at radius 3 is 2.35 bits per heavy atom. The standard InChI is InChI=1S/C24H29N5O2/c1-3-4-8-18-11-13-19(14-12-18)21-15-22(27-24(31)17-26-16-23(30)25-2)29(28-21)20-9-6-5-7-10-20/h5-7,9-15,26H,3-4,8,16-17H2,1-2H3,(H,25,30)(H,27,31). The number of benzene rings is 2. The fourth-order valence-electron chi connectivity index (χ4n) is 3.17. The minimum atomic E-state index is -0.248. The van der Waals surface area contributed by atoms with Crippen LogP contribution in [-0.2, 0) is 16.0 Å². The fraction of sp³-hybridized carbons (Fsp3) is 0.292. The summed E-state index contributed by atoms with van der Waals surface area (Å²) >= 11 is 0. The number of carbonyl (C=O) groups is 2. The van der Waals surface area contributed by atoms with Gasteiger partial charge in [-0.1, -0.05) is 55.8 Å². The Labute approximate surface area is 182 Å². The molecule has 0 fully saturated rings. The highest BCUT2D eigenvalue weighted by Gasteiger charge is 2.14. The van der Waals surface area contributed by atoms with Crippen molar-refractivity contribution in [3.8, 4) is 16.9 Å². The second kappa shape index (κ2) is 11.1. The molecule has 3 aromatic rings. The van der Waals surface area contributed by atoms with Gasteiger partial charge in [0.2, 0.25) is 11.8 Å². The molecular formula is C24H29N5O2. The summed E-state index contributed by atoms with van der Waals surface area (Å²) in [4.78, 5) is 23.7. The number of amides is 2. The third kappa shape index (κ3) is 6.26. The van der Waals surface area contributed by atoms with Crippen LogP contribution in [0.3, 0.4) is 0 Å². The summed E-state index contributed by atoms with van der Waals surface area (Å²) in [6.07, 6.45) is 3.41.